The smallest absolute Gasteiger partial charge is 0.343 e. The fourth-order valence-electron chi connectivity index (χ4n) is 7.70. The number of nitrogens with zero attached hydrogens (tertiary/aromatic N) is 2. The molecule has 0 N–H and O–H groups in total. The molecule has 246 valence electrons. The lowest BCUT2D eigenvalue weighted by atomic mass is 9.55. The number of amides is 3. The Morgan fingerprint density at radius 1 is 0.660 bits per heavy atom. The number of carbonyl (C=O) groups excluding carboxylic acids is 5. The van der Waals surface area contributed by atoms with Gasteiger partial charge in [-0.1, -0.05) is 90.0 Å². The van der Waals surface area contributed by atoms with E-state index in [1.807, 2.05) is 55.5 Å². The zero-order valence-corrected chi connectivity index (χ0v) is 27.5. The third-order valence-electron chi connectivity index (χ3n) is 9.97. The van der Waals surface area contributed by atoms with Crippen molar-refractivity contribution in [2.45, 2.75) is 18.8 Å². The lowest BCUT2D eigenvalue weighted by molar-refractivity contribution is -0.154. The first-order chi connectivity index (χ1) is 24.2. The molecule has 50 heavy (non-hydrogen) atoms. The molecule has 0 radical (unpaired) electrons. The molecule has 0 unspecified atom stereocenters. The molecule has 1 saturated heterocycles. The zero-order chi connectivity index (χ0) is 34.7. The molecule has 2 bridgehead atoms. The number of esters is 1. The highest BCUT2D eigenvalue weighted by atomic mass is 35.5. The molecule has 9 heteroatoms. The van der Waals surface area contributed by atoms with E-state index in [2.05, 4.69) is 0 Å². The molecule has 5 aromatic carbocycles. The van der Waals surface area contributed by atoms with Crippen LogP contribution >= 0.6 is 11.6 Å². The number of benzene rings is 5. The van der Waals surface area contributed by atoms with E-state index in [1.54, 1.807) is 36.4 Å². The minimum Gasteiger partial charge on any atom is -0.423 e. The van der Waals surface area contributed by atoms with Crippen LogP contribution < -0.4 is 4.74 Å². The van der Waals surface area contributed by atoms with Crippen molar-refractivity contribution >= 4 is 41.1 Å². The highest BCUT2D eigenvalue weighted by Gasteiger charge is 2.63. The summed E-state index contributed by atoms with van der Waals surface area (Å²) in [7, 11) is 0. The quantitative estimate of drug-likeness (QED) is 0.0794. The van der Waals surface area contributed by atoms with Crippen LogP contribution in [0.15, 0.2) is 121 Å². The molecule has 4 aliphatic rings. The number of ketones is 1. The molecule has 3 aliphatic carbocycles. The number of imide groups is 1. The molecule has 0 saturated carbocycles. The van der Waals surface area contributed by atoms with Crippen molar-refractivity contribution in [2.75, 3.05) is 6.54 Å². The van der Waals surface area contributed by atoms with Gasteiger partial charge in [-0.15, -0.1) is 0 Å². The number of hydrazine groups is 1. The predicted molar refractivity (Wildman–Crippen MR) is 185 cm³/mol. The van der Waals surface area contributed by atoms with Crippen molar-refractivity contribution in [2.24, 2.45) is 11.8 Å². The molecule has 1 fully saturated rings. The fraction of sp³-hybridized carbons (Fsp3) is 0.146. The van der Waals surface area contributed by atoms with Crippen LogP contribution in [0.2, 0.25) is 5.02 Å². The topological polar surface area (TPSA) is 101 Å². The maximum atomic E-state index is 14.5. The Bertz CT molecular complexity index is 2120. The summed E-state index contributed by atoms with van der Waals surface area (Å²) < 4.78 is 5.48. The third kappa shape index (κ3) is 5.02. The minimum atomic E-state index is -0.754. The number of rotatable bonds is 7. The molecule has 3 amide bonds. The first kappa shape index (κ1) is 31.4. The van der Waals surface area contributed by atoms with Crippen molar-refractivity contribution in [1.29, 1.82) is 0 Å². The number of hydrogen-bond donors (Lipinski definition) is 0. The van der Waals surface area contributed by atoms with Crippen LogP contribution in [0, 0.1) is 18.8 Å². The summed E-state index contributed by atoms with van der Waals surface area (Å²) in [6.07, 6.45) is 0. The molecule has 2 atom stereocenters. The van der Waals surface area contributed by atoms with Crippen LogP contribution in [0.1, 0.15) is 70.7 Å². The third-order valence-corrected chi connectivity index (χ3v) is 10.3. The molecule has 1 aliphatic heterocycles. The number of hydrogen-bond acceptors (Lipinski definition) is 6. The van der Waals surface area contributed by atoms with Crippen LogP contribution in [0.5, 0.6) is 5.75 Å². The Balaban J connectivity index is 1.12. The van der Waals surface area contributed by atoms with Gasteiger partial charge in [0.2, 0.25) is 0 Å². The highest BCUT2D eigenvalue weighted by molar-refractivity contribution is 6.34. The van der Waals surface area contributed by atoms with Crippen molar-refractivity contribution in [3.05, 3.63) is 171 Å². The van der Waals surface area contributed by atoms with Gasteiger partial charge in [0.05, 0.1) is 28.0 Å². The second-order valence-electron chi connectivity index (χ2n) is 12.8. The lowest BCUT2D eigenvalue weighted by Crippen LogP contribution is -2.52. The summed E-state index contributed by atoms with van der Waals surface area (Å²) >= 11 is 6.44. The Hall–Kier alpha value is -5.86. The number of ether oxygens (including phenoxy) is 1. The summed E-state index contributed by atoms with van der Waals surface area (Å²) in [5, 5.41) is 1.94. The zero-order valence-electron chi connectivity index (χ0n) is 26.8. The maximum Gasteiger partial charge on any atom is 0.343 e. The van der Waals surface area contributed by atoms with Gasteiger partial charge < -0.3 is 4.74 Å². The molecule has 9 rings (SSSR count). The van der Waals surface area contributed by atoms with E-state index < -0.39 is 47.9 Å². The number of carbonyl (C=O) groups is 5. The van der Waals surface area contributed by atoms with E-state index in [0.29, 0.717) is 5.56 Å². The van der Waals surface area contributed by atoms with E-state index in [9.17, 15) is 24.0 Å². The Kier molecular flexibility index (Phi) is 7.68. The summed E-state index contributed by atoms with van der Waals surface area (Å²) in [6.45, 7) is 1.30. The molecule has 0 spiro atoms. The molecule has 1 heterocycles. The Labute approximate surface area is 292 Å². The van der Waals surface area contributed by atoms with Crippen molar-refractivity contribution in [3.63, 3.8) is 0 Å². The highest BCUT2D eigenvalue weighted by Crippen LogP contribution is 2.61. The van der Waals surface area contributed by atoms with Crippen molar-refractivity contribution in [1.82, 2.24) is 10.0 Å². The van der Waals surface area contributed by atoms with Gasteiger partial charge in [0.1, 0.15) is 12.3 Å². The number of Topliss-reactive ketones (excluding diaryl/α,β-unsaturated/α-hetero) is 1. The van der Waals surface area contributed by atoms with Crippen LogP contribution in [-0.4, -0.2) is 46.0 Å². The van der Waals surface area contributed by atoms with Gasteiger partial charge in [0, 0.05) is 17.4 Å². The fourth-order valence-corrected chi connectivity index (χ4v) is 7.91. The molecular weight excluding hydrogens is 652 g/mol. The average Bonchev–Trinajstić information content (AvgIpc) is 3.40. The average molecular weight is 681 g/mol. The molecule has 0 aromatic heterocycles. The van der Waals surface area contributed by atoms with E-state index in [4.69, 9.17) is 16.3 Å². The monoisotopic (exact) mass is 680 g/mol. The predicted octanol–water partition coefficient (Wildman–Crippen LogP) is 7.00. The molecule has 8 nitrogen and oxygen atoms in total. The van der Waals surface area contributed by atoms with Crippen molar-refractivity contribution < 1.29 is 28.7 Å². The summed E-state index contributed by atoms with van der Waals surface area (Å²) in [5.74, 6) is -4.97. The van der Waals surface area contributed by atoms with Crippen LogP contribution in [0.25, 0.3) is 0 Å². The summed E-state index contributed by atoms with van der Waals surface area (Å²) in [5.41, 5.74) is 5.58. The van der Waals surface area contributed by atoms with E-state index in [0.717, 1.165) is 37.8 Å². The maximum absolute atomic E-state index is 14.5. The molecular formula is C41H29ClN2O6. The normalized spacial score (nSPS) is 19.8. The second-order valence-corrected chi connectivity index (χ2v) is 13.2. The van der Waals surface area contributed by atoms with E-state index in [-0.39, 0.29) is 33.7 Å². The number of aryl methyl sites for hydroxylation is 1. The minimum absolute atomic E-state index is 0.0466. The van der Waals surface area contributed by atoms with Gasteiger partial charge in [-0.2, -0.15) is 5.01 Å². The summed E-state index contributed by atoms with van der Waals surface area (Å²) in [4.78, 5) is 69.8. The molecule has 5 aromatic rings. The van der Waals surface area contributed by atoms with Crippen LogP contribution in [0.4, 0.5) is 0 Å². The standard InChI is InChI=1S/C41H29ClN2O6/c1-23-14-16-25(17-15-23)41(49)50-26-20-18-24(19-21-26)33(45)22-43(38(46)31-12-6-7-13-32(31)42)44-39(47)36-34-27-8-2-3-9-28(27)35(37(36)40(44)48)30-11-5-4-10-29(30)34/h2-21,34-37H,22H2,1H3/t34?,35?,36-,37-/m0/s1. The van der Waals surface area contributed by atoms with Gasteiger partial charge in [-0.25, -0.2) is 9.80 Å². The summed E-state index contributed by atoms with van der Waals surface area (Å²) in [6, 6.07) is 34.9. The van der Waals surface area contributed by atoms with Gasteiger partial charge >= 0.3 is 5.97 Å². The Morgan fingerprint density at radius 2 is 1.14 bits per heavy atom. The largest absolute Gasteiger partial charge is 0.423 e. The van der Waals surface area contributed by atoms with Gasteiger partial charge in [-0.05, 0) is 77.7 Å². The van der Waals surface area contributed by atoms with Crippen LogP contribution in [0.3, 0.4) is 0 Å². The van der Waals surface area contributed by atoms with Crippen molar-refractivity contribution in [3.8, 4) is 5.75 Å². The van der Waals surface area contributed by atoms with Crippen LogP contribution in [-0.2, 0) is 9.59 Å². The Morgan fingerprint density at radius 3 is 1.66 bits per heavy atom. The lowest BCUT2D eigenvalue weighted by Gasteiger charge is -2.45. The number of halogens is 1. The van der Waals surface area contributed by atoms with Gasteiger partial charge in [-0.3, -0.25) is 19.2 Å². The van der Waals surface area contributed by atoms with Gasteiger partial charge in [0.15, 0.2) is 5.78 Å². The van der Waals surface area contributed by atoms with E-state index in [1.165, 1.54) is 36.4 Å². The SMILES string of the molecule is Cc1ccc(C(=O)Oc2ccc(C(=O)CN(C(=O)c3ccccc3Cl)N3C(=O)[C@H]4C5c6ccccc6C(c6ccccc65)[C@@H]4C3=O)cc2)cc1. The first-order valence-corrected chi connectivity index (χ1v) is 16.6. The van der Waals surface area contributed by atoms with E-state index >= 15 is 0 Å². The second kappa shape index (κ2) is 12.2. The first-order valence-electron chi connectivity index (χ1n) is 16.3. The van der Waals surface area contributed by atoms with Gasteiger partial charge in [0.25, 0.3) is 17.7 Å².